The smallest absolute Gasteiger partial charge is 0.313 e. The third-order valence-electron chi connectivity index (χ3n) is 2.70. The number of carboxylic acids is 1. The highest BCUT2D eigenvalue weighted by atomic mass is 32.2. The largest absolute Gasteiger partial charge is 0.481 e. The van der Waals surface area contributed by atoms with Crippen molar-refractivity contribution in [3.05, 3.63) is 5.69 Å². The maximum atomic E-state index is 10.7. The number of imidazole rings is 1. The molecule has 0 saturated carbocycles. The highest BCUT2D eigenvalue weighted by Gasteiger charge is 2.18. The van der Waals surface area contributed by atoms with Gasteiger partial charge in [-0.1, -0.05) is 11.8 Å². The second kappa shape index (κ2) is 5.87. The van der Waals surface area contributed by atoms with E-state index in [-0.39, 0.29) is 5.75 Å². The van der Waals surface area contributed by atoms with Gasteiger partial charge in [0.05, 0.1) is 11.4 Å². The van der Waals surface area contributed by atoms with Crippen LogP contribution in [0.5, 0.6) is 0 Å². The number of aliphatic carboxylic acids is 1. The number of thioether (sulfide) groups is 2. The molecule has 0 amide bonds. The molecule has 0 atom stereocenters. The number of nitrogens with zero attached hydrogens (tertiary/aromatic N) is 4. The minimum Gasteiger partial charge on any atom is -0.481 e. The molecule has 0 fully saturated rings. The van der Waals surface area contributed by atoms with Crippen molar-refractivity contribution in [3.63, 3.8) is 0 Å². The van der Waals surface area contributed by atoms with Gasteiger partial charge < -0.3 is 9.67 Å². The number of rotatable bonds is 6. The molecule has 2 heterocycles. The van der Waals surface area contributed by atoms with Gasteiger partial charge in [0, 0.05) is 19.3 Å². The van der Waals surface area contributed by atoms with E-state index in [1.165, 1.54) is 11.8 Å². The van der Waals surface area contributed by atoms with E-state index in [9.17, 15) is 4.79 Å². The Bertz CT molecular complexity index is 605. The second-order valence-corrected chi connectivity index (χ2v) is 6.03. The second-order valence-electron chi connectivity index (χ2n) is 4.10. The summed E-state index contributed by atoms with van der Waals surface area (Å²) in [4.78, 5) is 15.2. The third-order valence-corrected chi connectivity index (χ3v) is 4.25. The van der Waals surface area contributed by atoms with Gasteiger partial charge in [0.1, 0.15) is 5.52 Å². The third kappa shape index (κ3) is 2.89. The normalized spacial score (nSPS) is 11.3. The first-order valence-corrected chi connectivity index (χ1v) is 8.16. The summed E-state index contributed by atoms with van der Waals surface area (Å²) in [7, 11) is 1.89. The van der Waals surface area contributed by atoms with Crippen molar-refractivity contribution in [2.24, 2.45) is 7.05 Å². The molecule has 0 aliphatic carbocycles. The van der Waals surface area contributed by atoms with Gasteiger partial charge in [-0.3, -0.25) is 9.48 Å². The van der Waals surface area contributed by atoms with Crippen LogP contribution in [0.25, 0.3) is 11.2 Å². The first-order chi connectivity index (χ1) is 9.04. The molecule has 0 aliphatic heterocycles. The van der Waals surface area contributed by atoms with Crippen molar-refractivity contribution in [1.29, 1.82) is 0 Å². The zero-order valence-corrected chi connectivity index (χ0v) is 12.7. The van der Waals surface area contributed by atoms with E-state index in [4.69, 9.17) is 5.11 Å². The van der Waals surface area contributed by atoms with Crippen LogP contribution in [0.4, 0.5) is 0 Å². The molecule has 0 bridgehead atoms. The van der Waals surface area contributed by atoms with E-state index in [0.717, 1.165) is 34.3 Å². The van der Waals surface area contributed by atoms with Gasteiger partial charge in [-0.05, 0) is 13.2 Å². The minimum absolute atomic E-state index is 0.0229. The Kier molecular flexibility index (Phi) is 4.41. The van der Waals surface area contributed by atoms with E-state index in [1.807, 2.05) is 24.9 Å². The Balaban J connectivity index is 2.42. The van der Waals surface area contributed by atoms with Gasteiger partial charge >= 0.3 is 5.97 Å². The van der Waals surface area contributed by atoms with Crippen LogP contribution in [0.3, 0.4) is 0 Å². The Morgan fingerprint density at radius 3 is 2.84 bits per heavy atom. The van der Waals surface area contributed by atoms with E-state index in [2.05, 4.69) is 14.6 Å². The van der Waals surface area contributed by atoms with Gasteiger partial charge in [-0.15, -0.1) is 0 Å². The molecule has 0 aromatic carbocycles. The summed E-state index contributed by atoms with van der Waals surface area (Å²) in [6.07, 6.45) is 2.05. The van der Waals surface area contributed by atoms with E-state index in [0.29, 0.717) is 0 Å². The molecule has 2 rings (SSSR count). The molecular weight excluding hydrogens is 284 g/mol. The van der Waals surface area contributed by atoms with Crippen LogP contribution in [-0.2, 0) is 18.4 Å². The molecular formula is C11H16N4O2S2. The number of hydrogen-bond acceptors (Lipinski definition) is 5. The lowest BCUT2D eigenvalue weighted by atomic mass is 10.4. The van der Waals surface area contributed by atoms with Crippen molar-refractivity contribution in [2.75, 3.05) is 17.8 Å². The zero-order chi connectivity index (χ0) is 14.0. The van der Waals surface area contributed by atoms with Crippen LogP contribution in [0.1, 0.15) is 5.69 Å². The number of carboxylic acid groups (broad SMARTS) is 1. The Morgan fingerprint density at radius 2 is 2.21 bits per heavy atom. The van der Waals surface area contributed by atoms with Crippen molar-refractivity contribution in [1.82, 2.24) is 19.3 Å². The van der Waals surface area contributed by atoms with Crippen LogP contribution >= 0.6 is 23.5 Å². The lowest BCUT2D eigenvalue weighted by Gasteiger charge is -2.07. The van der Waals surface area contributed by atoms with Gasteiger partial charge in [-0.2, -0.15) is 16.9 Å². The van der Waals surface area contributed by atoms with Crippen molar-refractivity contribution in [2.45, 2.75) is 18.6 Å². The molecule has 2 aromatic rings. The standard InChI is InChI=1S/C11H16N4O2S2/c1-7-9-10(14(2)13-7)15(4-5-18-3)11(12-9)19-6-8(16)17/h4-6H2,1-3H3,(H,16,17). The number of aromatic nitrogens is 4. The maximum absolute atomic E-state index is 10.7. The van der Waals surface area contributed by atoms with E-state index < -0.39 is 5.97 Å². The van der Waals surface area contributed by atoms with E-state index in [1.54, 1.807) is 11.8 Å². The first kappa shape index (κ1) is 14.3. The predicted molar refractivity (Wildman–Crippen MR) is 78.0 cm³/mol. The number of carbonyl (C=O) groups is 1. The Morgan fingerprint density at radius 1 is 1.47 bits per heavy atom. The fraction of sp³-hybridized carbons (Fsp3) is 0.545. The summed E-state index contributed by atoms with van der Waals surface area (Å²) in [5.74, 6) is 0.147. The molecule has 2 aromatic heterocycles. The zero-order valence-electron chi connectivity index (χ0n) is 11.1. The monoisotopic (exact) mass is 300 g/mol. The van der Waals surface area contributed by atoms with Crippen molar-refractivity contribution in [3.8, 4) is 0 Å². The fourth-order valence-corrected chi connectivity index (χ4v) is 3.04. The topological polar surface area (TPSA) is 72.9 Å². The summed E-state index contributed by atoms with van der Waals surface area (Å²) in [5, 5.41) is 13.9. The maximum Gasteiger partial charge on any atom is 0.313 e. The van der Waals surface area contributed by atoms with Crippen LogP contribution in [0.15, 0.2) is 5.16 Å². The number of hydrogen-bond donors (Lipinski definition) is 1. The average molecular weight is 300 g/mol. The minimum atomic E-state index is -0.830. The average Bonchev–Trinajstić information content (AvgIpc) is 2.84. The summed E-state index contributed by atoms with van der Waals surface area (Å²) in [6.45, 7) is 2.72. The van der Waals surface area contributed by atoms with Gasteiger partial charge in [0.2, 0.25) is 0 Å². The number of aryl methyl sites for hydroxylation is 3. The highest BCUT2D eigenvalue weighted by molar-refractivity contribution is 7.99. The summed E-state index contributed by atoms with van der Waals surface area (Å²) < 4.78 is 3.86. The molecule has 6 nitrogen and oxygen atoms in total. The van der Waals surface area contributed by atoms with Crippen molar-refractivity contribution >= 4 is 40.7 Å². The molecule has 0 saturated heterocycles. The summed E-state index contributed by atoms with van der Waals surface area (Å²) in [6, 6.07) is 0. The summed E-state index contributed by atoms with van der Waals surface area (Å²) in [5.41, 5.74) is 2.69. The molecule has 0 spiro atoms. The molecule has 0 aliphatic rings. The van der Waals surface area contributed by atoms with Crippen LogP contribution in [0.2, 0.25) is 0 Å². The summed E-state index contributed by atoms with van der Waals surface area (Å²) >= 11 is 3.01. The molecule has 0 radical (unpaired) electrons. The molecule has 19 heavy (non-hydrogen) atoms. The van der Waals surface area contributed by atoms with Gasteiger partial charge in [0.25, 0.3) is 0 Å². The lowest BCUT2D eigenvalue weighted by Crippen LogP contribution is -2.07. The van der Waals surface area contributed by atoms with Crippen molar-refractivity contribution < 1.29 is 9.90 Å². The van der Waals surface area contributed by atoms with Gasteiger partial charge in [-0.25, -0.2) is 4.98 Å². The molecule has 0 unspecified atom stereocenters. The Labute approximate surface area is 119 Å². The highest BCUT2D eigenvalue weighted by Crippen LogP contribution is 2.25. The lowest BCUT2D eigenvalue weighted by molar-refractivity contribution is -0.133. The predicted octanol–water partition coefficient (Wildman–Crippen LogP) is 1.62. The molecule has 1 N–H and O–H groups in total. The van der Waals surface area contributed by atoms with Gasteiger partial charge in [0.15, 0.2) is 10.8 Å². The van der Waals surface area contributed by atoms with Crippen LogP contribution in [-0.4, -0.2) is 48.2 Å². The van der Waals surface area contributed by atoms with E-state index >= 15 is 0 Å². The fourth-order valence-electron chi connectivity index (χ4n) is 1.94. The Hall–Kier alpha value is -1.15. The molecule has 104 valence electrons. The molecule has 8 heteroatoms. The quantitative estimate of drug-likeness (QED) is 0.817. The van der Waals surface area contributed by atoms with Crippen LogP contribution < -0.4 is 0 Å². The number of fused-ring (bicyclic) bond motifs is 1. The van der Waals surface area contributed by atoms with Crippen LogP contribution in [0, 0.1) is 6.92 Å². The first-order valence-electron chi connectivity index (χ1n) is 5.78. The SMILES string of the molecule is CSCCn1c(SCC(=O)O)nc2c(C)nn(C)c21.